The Morgan fingerprint density at radius 3 is 2.35 bits per heavy atom. The summed E-state index contributed by atoms with van der Waals surface area (Å²) in [6.07, 6.45) is -4.49. The first-order valence-electron chi connectivity index (χ1n) is 9.40. The average molecular weight is 450 g/mol. The van der Waals surface area contributed by atoms with Gasteiger partial charge in [-0.15, -0.1) is 0 Å². The number of likely N-dealkylation sites (N-methyl/N-ethyl adjacent to an activating group) is 1. The molecule has 1 atom stereocenters. The Bertz CT molecular complexity index is 1210. The fraction of sp³-hybridized carbons (Fsp3) is 0.227. The number of hydrogen-bond donors (Lipinski definition) is 1. The molecule has 3 aromatic carbocycles. The van der Waals surface area contributed by atoms with Gasteiger partial charge in [-0.2, -0.15) is 17.5 Å². The molecule has 0 fully saturated rings. The maximum atomic E-state index is 12.9. The standard InChI is InChI=1S/C22H21F3N2O3S/c1-15(17-8-5-9-19(12-17)22(23,24)25)26-21(28)14-27(2)31(29,30)20-11-10-16-6-3-4-7-18(16)13-20/h3-13,15H,14H2,1-2H3,(H,26,28). The minimum atomic E-state index is -4.49. The van der Waals surface area contributed by atoms with Crippen LogP contribution in [0.25, 0.3) is 10.8 Å². The van der Waals surface area contributed by atoms with Crippen LogP contribution in [0.2, 0.25) is 0 Å². The maximum absolute atomic E-state index is 12.9. The smallest absolute Gasteiger partial charge is 0.348 e. The molecule has 0 spiro atoms. The van der Waals surface area contributed by atoms with Gasteiger partial charge in [0.15, 0.2) is 0 Å². The van der Waals surface area contributed by atoms with Gasteiger partial charge in [0.05, 0.1) is 23.0 Å². The van der Waals surface area contributed by atoms with Gasteiger partial charge in [-0.1, -0.05) is 42.5 Å². The third-order valence-corrected chi connectivity index (χ3v) is 6.69. The number of benzene rings is 3. The van der Waals surface area contributed by atoms with E-state index >= 15 is 0 Å². The number of carbonyl (C=O) groups excluding carboxylic acids is 1. The number of hydrogen-bond acceptors (Lipinski definition) is 3. The first-order valence-corrected chi connectivity index (χ1v) is 10.8. The van der Waals surface area contributed by atoms with E-state index in [1.807, 2.05) is 12.1 Å². The van der Waals surface area contributed by atoms with Gasteiger partial charge in [0.25, 0.3) is 0 Å². The minimum absolute atomic E-state index is 0.0485. The van der Waals surface area contributed by atoms with Gasteiger partial charge in [-0.3, -0.25) is 4.79 Å². The zero-order valence-corrected chi connectivity index (χ0v) is 17.7. The number of halogens is 3. The highest BCUT2D eigenvalue weighted by Crippen LogP contribution is 2.30. The largest absolute Gasteiger partial charge is 0.416 e. The van der Waals surface area contributed by atoms with Crippen LogP contribution in [0.1, 0.15) is 24.1 Å². The van der Waals surface area contributed by atoms with Crippen LogP contribution in [0.3, 0.4) is 0 Å². The van der Waals surface area contributed by atoms with Crippen LogP contribution < -0.4 is 5.32 Å². The molecule has 3 aromatic rings. The van der Waals surface area contributed by atoms with Gasteiger partial charge in [0, 0.05) is 7.05 Å². The number of amides is 1. The lowest BCUT2D eigenvalue weighted by Gasteiger charge is -2.20. The topological polar surface area (TPSA) is 66.5 Å². The molecule has 164 valence electrons. The van der Waals surface area contributed by atoms with Crippen molar-refractivity contribution in [2.45, 2.75) is 24.0 Å². The zero-order valence-electron chi connectivity index (χ0n) is 16.8. The summed E-state index contributed by atoms with van der Waals surface area (Å²) >= 11 is 0. The lowest BCUT2D eigenvalue weighted by molar-refractivity contribution is -0.137. The van der Waals surface area contributed by atoms with Crippen molar-refractivity contribution in [3.05, 3.63) is 77.9 Å². The molecule has 5 nitrogen and oxygen atoms in total. The van der Waals surface area contributed by atoms with Crippen LogP contribution in [-0.4, -0.2) is 32.2 Å². The number of nitrogens with one attached hydrogen (secondary N) is 1. The summed E-state index contributed by atoms with van der Waals surface area (Å²) in [5, 5.41) is 4.18. The van der Waals surface area contributed by atoms with Gasteiger partial charge in [-0.25, -0.2) is 8.42 Å². The molecule has 0 aliphatic rings. The maximum Gasteiger partial charge on any atom is 0.416 e. The number of rotatable bonds is 6. The number of sulfonamides is 1. The quantitative estimate of drug-likeness (QED) is 0.607. The van der Waals surface area contributed by atoms with Crippen molar-refractivity contribution < 1.29 is 26.4 Å². The Kier molecular flexibility index (Phi) is 6.38. The summed E-state index contributed by atoms with van der Waals surface area (Å²) in [4.78, 5) is 12.4. The predicted octanol–water partition coefficient (Wildman–Crippen LogP) is 4.36. The Hall–Kier alpha value is -2.91. The molecule has 0 aliphatic heterocycles. The van der Waals surface area contributed by atoms with Gasteiger partial charge >= 0.3 is 6.18 Å². The normalized spacial score (nSPS) is 13.4. The van der Waals surface area contributed by atoms with E-state index in [1.165, 1.54) is 38.2 Å². The second-order valence-electron chi connectivity index (χ2n) is 7.18. The monoisotopic (exact) mass is 450 g/mol. The number of carbonyl (C=O) groups is 1. The van der Waals surface area contributed by atoms with Crippen LogP contribution in [0.15, 0.2) is 71.6 Å². The highest BCUT2D eigenvalue weighted by Gasteiger charge is 2.31. The third-order valence-electron chi connectivity index (χ3n) is 4.89. The van der Waals surface area contributed by atoms with Crippen molar-refractivity contribution in [3.63, 3.8) is 0 Å². The van der Waals surface area contributed by atoms with Crippen LogP contribution in [0, 0.1) is 0 Å². The third kappa shape index (κ3) is 5.23. The van der Waals surface area contributed by atoms with Crippen molar-refractivity contribution in [2.24, 2.45) is 0 Å². The van der Waals surface area contributed by atoms with Crippen molar-refractivity contribution in [3.8, 4) is 0 Å². The molecule has 0 saturated carbocycles. The lowest BCUT2D eigenvalue weighted by atomic mass is 10.0. The summed E-state index contributed by atoms with van der Waals surface area (Å²) in [6.45, 7) is 1.06. The zero-order chi connectivity index (χ0) is 22.8. The Labute approximate surface area is 178 Å². The minimum Gasteiger partial charge on any atom is -0.348 e. The molecule has 0 bridgehead atoms. The molecular formula is C22H21F3N2O3S. The molecule has 0 radical (unpaired) electrons. The second kappa shape index (κ2) is 8.68. The fourth-order valence-corrected chi connectivity index (χ4v) is 4.31. The molecule has 1 unspecified atom stereocenters. The van der Waals surface area contributed by atoms with E-state index in [1.54, 1.807) is 18.2 Å². The molecule has 0 aromatic heterocycles. The first kappa shape index (κ1) is 22.8. The van der Waals surface area contributed by atoms with E-state index in [-0.39, 0.29) is 10.5 Å². The highest BCUT2D eigenvalue weighted by atomic mass is 32.2. The molecule has 0 heterocycles. The number of alkyl halides is 3. The summed E-state index contributed by atoms with van der Waals surface area (Å²) in [5.74, 6) is -0.628. The van der Waals surface area contributed by atoms with Gasteiger partial charge in [0.2, 0.25) is 15.9 Å². The van der Waals surface area contributed by atoms with Gasteiger partial charge in [-0.05, 0) is 47.5 Å². The van der Waals surface area contributed by atoms with Crippen molar-refractivity contribution in [2.75, 3.05) is 13.6 Å². The molecule has 1 amide bonds. The van der Waals surface area contributed by atoms with E-state index in [9.17, 15) is 26.4 Å². The first-order chi connectivity index (χ1) is 14.5. The van der Waals surface area contributed by atoms with Gasteiger partial charge in [0.1, 0.15) is 0 Å². The Morgan fingerprint density at radius 2 is 1.68 bits per heavy atom. The molecule has 1 N–H and O–H groups in total. The van der Waals surface area contributed by atoms with Crippen molar-refractivity contribution >= 4 is 26.7 Å². The fourth-order valence-electron chi connectivity index (χ4n) is 3.15. The number of fused-ring (bicyclic) bond motifs is 1. The van der Waals surface area contributed by atoms with Crippen LogP contribution in [0.4, 0.5) is 13.2 Å². The molecule has 3 rings (SSSR count). The molecule has 0 aliphatic carbocycles. The van der Waals surface area contributed by atoms with Crippen LogP contribution in [-0.2, 0) is 21.0 Å². The highest BCUT2D eigenvalue weighted by molar-refractivity contribution is 7.89. The van der Waals surface area contributed by atoms with Crippen molar-refractivity contribution in [1.29, 1.82) is 0 Å². The number of nitrogens with zero attached hydrogens (tertiary/aromatic N) is 1. The summed E-state index contributed by atoms with van der Waals surface area (Å²) in [5.41, 5.74) is -0.551. The predicted molar refractivity (Wildman–Crippen MR) is 112 cm³/mol. The lowest BCUT2D eigenvalue weighted by Crippen LogP contribution is -2.39. The van der Waals surface area contributed by atoms with E-state index in [0.29, 0.717) is 0 Å². The average Bonchev–Trinajstić information content (AvgIpc) is 2.72. The molecule has 31 heavy (non-hydrogen) atoms. The molecule has 0 saturated heterocycles. The SMILES string of the molecule is CC(NC(=O)CN(C)S(=O)(=O)c1ccc2ccccc2c1)c1cccc(C(F)(F)F)c1. The summed E-state index contributed by atoms with van der Waals surface area (Å²) in [7, 11) is -2.65. The van der Waals surface area contributed by atoms with E-state index in [2.05, 4.69) is 5.32 Å². The van der Waals surface area contributed by atoms with Crippen molar-refractivity contribution in [1.82, 2.24) is 9.62 Å². The Morgan fingerprint density at radius 1 is 1.00 bits per heavy atom. The van der Waals surface area contributed by atoms with E-state index in [0.717, 1.165) is 27.2 Å². The summed E-state index contributed by atoms with van der Waals surface area (Å²) in [6, 6.07) is 15.9. The second-order valence-corrected chi connectivity index (χ2v) is 9.23. The van der Waals surface area contributed by atoms with E-state index in [4.69, 9.17) is 0 Å². The van der Waals surface area contributed by atoms with E-state index < -0.39 is 40.3 Å². The molecule has 9 heteroatoms. The summed E-state index contributed by atoms with van der Waals surface area (Å²) < 4.78 is 65.3. The van der Waals surface area contributed by atoms with Crippen LogP contribution in [0.5, 0.6) is 0 Å². The molecular weight excluding hydrogens is 429 g/mol. The van der Waals surface area contributed by atoms with Crippen LogP contribution >= 0.6 is 0 Å². The van der Waals surface area contributed by atoms with Gasteiger partial charge < -0.3 is 5.32 Å². The Balaban J connectivity index is 1.70.